The fraction of sp³-hybridized carbons (Fsp3) is 0.273. The van der Waals surface area contributed by atoms with Crippen molar-refractivity contribution in [3.05, 3.63) is 41.7 Å². The van der Waals surface area contributed by atoms with Crippen LogP contribution in [0.2, 0.25) is 0 Å². The lowest BCUT2D eigenvalue weighted by Gasteiger charge is -1.99. The number of carbonyl (C=O) groups is 1. The molecule has 6 nitrogen and oxygen atoms in total. The van der Waals surface area contributed by atoms with Gasteiger partial charge in [-0.1, -0.05) is 30.3 Å². The first kappa shape index (κ1) is 11.3. The van der Waals surface area contributed by atoms with Crippen LogP contribution in [-0.4, -0.2) is 31.3 Å². The van der Waals surface area contributed by atoms with Crippen molar-refractivity contribution in [1.29, 1.82) is 0 Å². The molecule has 2 aromatic rings. The predicted molar refractivity (Wildman–Crippen MR) is 59.4 cm³/mol. The van der Waals surface area contributed by atoms with Gasteiger partial charge in [0.2, 0.25) is 0 Å². The van der Waals surface area contributed by atoms with E-state index in [1.165, 1.54) is 11.7 Å². The number of carboxylic acids is 1. The molecule has 1 unspecified atom stereocenters. The van der Waals surface area contributed by atoms with Gasteiger partial charge in [-0.15, -0.1) is 10.2 Å². The molecule has 0 fully saturated rings. The minimum Gasteiger partial charge on any atom is -0.481 e. The number of rotatable bonds is 4. The van der Waals surface area contributed by atoms with Crippen molar-refractivity contribution in [1.82, 2.24) is 20.2 Å². The zero-order valence-corrected chi connectivity index (χ0v) is 9.32. The maximum absolute atomic E-state index is 10.8. The van der Waals surface area contributed by atoms with Crippen LogP contribution in [-0.2, 0) is 11.3 Å². The fourth-order valence-electron chi connectivity index (χ4n) is 1.35. The number of aliphatic carboxylic acids is 1. The average molecular weight is 232 g/mol. The number of benzene rings is 1. The van der Waals surface area contributed by atoms with Gasteiger partial charge < -0.3 is 5.11 Å². The zero-order chi connectivity index (χ0) is 12.3. The fourth-order valence-corrected chi connectivity index (χ4v) is 1.35. The summed E-state index contributed by atoms with van der Waals surface area (Å²) < 4.78 is 0. The molecule has 0 aliphatic rings. The Labute approximate surface area is 97.9 Å². The predicted octanol–water partition coefficient (Wildman–Crippen LogP) is 0.909. The molecule has 6 heteroatoms. The highest BCUT2D eigenvalue weighted by Crippen LogP contribution is 2.08. The van der Waals surface area contributed by atoms with E-state index in [0.29, 0.717) is 6.54 Å². The second kappa shape index (κ2) is 4.73. The molecule has 0 spiro atoms. The van der Waals surface area contributed by atoms with E-state index >= 15 is 0 Å². The van der Waals surface area contributed by atoms with Crippen LogP contribution in [0.1, 0.15) is 24.2 Å². The number of tetrazole rings is 1. The van der Waals surface area contributed by atoms with Crippen molar-refractivity contribution in [2.45, 2.75) is 19.4 Å². The Bertz CT molecular complexity index is 509. The first-order valence-corrected chi connectivity index (χ1v) is 5.21. The summed E-state index contributed by atoms with van der Waals surface area (Å²) in [6.07, 6.45) is 0. The largest absolute Gasteiger partial charge is 0.481 e. The molecular formula is C11H12N4O2. The molecule has 0 bridgehead atoms. The van der Waals surface area contributed by atoms with Gasteiger partial charge in [0.1, 0.15) is 5.92 Å². The Morgan fingerprint density at radius 2 is 2.12 bits per heavy atom. The molecule has 1 N–H and O–H groups in total. The van der Waals surface area contributed by atoms with Crippen molar-refractivity contribution in [3.63, 3.8) is 0 Å². The molecule has 0 amide bonds. The van der Waals surface area contributed by atoms with Gasteiger partial charge in [-0.2, -0.15) is 4.80 Å². The van der Waals surface area contributed by atoms with Gasteiger partial charge in [-0.05, 0) is 17.7 Å². The first-order valence-electron chi connectivity index (χ1n) is 5.21. The van der Waals surface area contributed by atoms with Crippen LogP contribution in [0.5, 0.6) is 0 Å². The van der Waals surface area contributed by atoms with E-state index in [9.17, 15) is 4.79 Å². The minimum atomic E-state index is -0.954. The SMILES string of the molecule is CC(C(=O)O)c1nnn(Cc2ccccc2)n1. The van der Waals surface area contributed by atoms with Gasteiger partial charge in [0.05, 0.1) is 6.54 Å². The van der Waals surface area contributed by atoms with Crippen molar-refractivity contribution < 1.29 is 9.90 Å². The smallest absolute Gasteiger partial charge is 0.314 e. The van der Waals surface area contributed by atoms with Crippen LogP contribution < -0.4 is 0 Å². The van der Waals surface area contributed by atoms with E-state index in [0.717, 1.165) is 5.56 Å². The molecule has 0 aliphatic heterocycles. The van der Waals surface area contributed by atoms with Crippen LogP contribution in [0.4, 0.5) is 0 Å². The molecule has 0 saturated carbocycles. The summed E-state index contributed by atoms with van der Waals surface area (Å²) in [6.45, 7) is 2.02. The Morgan fingerprint density at radius 1 is 1.41 bits per heavy atom. The standard InChI is InChI=1S/C11H12N4O2/c1-8(11(16)17)10-12-14-15(13-10)7-9-5-3-2-4-6-9/h2-6,8H,7H2,1H3,(H,16,17). The van der Waals surface area contributed by atoms with Crippen molar-refractivity contribution in [2.24, 2.45) is 0 Å². The van der Waals surface area contributed by atoms with E-state index in [4.69, 9.17) is 5.11 Å². The van der Waals surface area contributed by atoms with E-state index in [1.807, 2.05) is 30.3 Å². The van der Waals surface area contributed by atoms with E-state index in [1.54, 1.807) is 0 Å². The zero-order valence-electron chi connectivity index (χ0n) is 9.32. The molecule has 17 heavy (non-hydrogen) atoms. The lowest BCUT2D eigenvalue weighted by Crippen LogP contribution is -2.10. The Kier molecular flexibility index (Phi) is 3.13. The van der Waals surface area contributed by atoms with Gasteiger partial charge in [0.15, 0.2) is 5.82 Å². The summed E-state index contributed by atoms with van der Waals surface area (Å²) >= 11 is 0. The first-order chi connectivity index (χ1) is 8.16. The van der Waals surface area contributed by atoms with Gasteiger partial charge in [-0.25, -0.2) is 0 Å². The third-order valence-electron chi connectivity index (χ3n) is 2.39. The highest BCUT2D eigenvalue weighted by Gasteiger charge is 2.19. The number of aromatic nitrogens is 4. The van der Waals surface area contributed by atoms with Crippen LogP contribution in [0, 0.1) is 0 Å². The number of hydrogen-bond acceptors (Lipinski definition) is 4. The summed E-state index contributed by atoms with van der Waals surface area (Å²) in [4.78, 5) is 12.1. The molecule has 1 heterocycles. The van der Waals surface area contributed by atoms with Crippen molar-refractivity contribution in [3.8, 4) is 0 Å². The monoisotopic (exact) mass is 232 g/mol. The highest BCUT2D eigenvalue weighted by molar-refractivity contribution is 5.74. The van der Waals surface area contributed by atoms with Gasteiger partial charge >= 0.3 is 5.97 Å². The van der Waals surface area contributed by atoms with E-state index < -0.39 is 11.9 Å². The van der Waals surface area contributed by atoms with Crippen LogP contribution in [0.3, 0.4) is 0 Å². The molecule has 1 aromatic heterocycles. The lowest BCUT2D eigenvalue weighted by molar-refractivity contribution is -0.138. The van der Waals surface area contributed by atoms with E-state index in [-0.39, 0.29) is 5.82 Å². The van der Waals surface area contributed by atoms with Crippen molar-refractivity contribution in [2.75, 3.05) is 0 Å². The quantitative estimate of drug-likeness (QED) is 0.847. The molecule has 0 radical (unpaired) electrons. The number of hydrogen-bond donors (Lipinski definition) is 1. The summed E-state index contributed by atoms with van der Waals surface area (Å²) in [5.41, 5.74) is 1.04. The van der Waals surface area contributed by atoms with Gasteiger partial charge in [-0.3, -0.25) is 4.79 Å². The normalized spacial score (nSPS) is 12.3. The summed E-state index contributed by atoms with van der Waals surface area (Å²) in [5.74, 6) is -1.46. The summed E-state index contributed by atoms with van der Waals surface area (Å²) in [7, 11) is 0. The highest BCUT2D eigenvalue weighted by atomic mass is 16.4. The van der Waals surface area contributed by atoms with E-state index in [2.05, 4.69) is 15.4 Å². The van der Waals surface area contributed by atoms with Gasteiger partial charge in [0, 0.05) is 0 Å². The number of nitrogens with zero attached hydrogens (tertiary/aromatic N) is 4. The molecule has 0 aliphatic carbocycles. The van der Waals surface area contributed by atoms with Crippen LogP contribution in [0.15, 0.2) is 30.3 Å². The molecule has 1 atom stereocenters. The second-order valence-corrected chi connectivity index (χ2v) is 3.72. The molecular weight excluding hydrogens is 220 g/mol. The Balaban J connectivity index is 2.11. The lowest BCUT2D eigenvalue weighted by atomic mass is 10.2. The summed E-state index contributed by atoms with van der Waals surface area (Å²) in [5, 5.41) is 20.4. The Morgan fingerprint density at radius 3 is 2.76 bits per heavy atom. The van der Waals surface area contributed by atoms with Crippen LogP contribution in [0.25, 0.3) is 0 Å². The number of carboxylic acid groups (broad SMARTS) is 1. The summed E-state index contributed by atoms with van der Waals surface area (Å²) in [6, 6.07) is 9.67. The molecule has 0 saturated heterocycles. The van der Waals surface area contributed by atoms with Gasteiger partial charge in [0.25, 0.3) is 0 Å². The maximum Gasteiger partial charge on any atom is 0.314 e. The molecule has 2 rings (SSSR count). The third-order valence-corrected chi connectivity index (χ3v) is 2.39. The molecule has 88 valence electrons. The third kappa shape index (κ3) is 2.66. The minimum absolute atomic E-state index is 0.230. The maximum atomic E-state index is 10.8. The average Bonchev–Trinajstić information content (AvgIpc) is 2.77. The van der Waals surface area contributed by atoms with Crippen LogP contribution >= 0.6 is 0 Å². The Hall–Kier alpha value is -2.24. The van der Waals surface area contributed by atoms with Crippen molar-refractivity contribution >= 4 is 5.97 Å². The molecule has 1 aromatic carbocycles. The topological polar surface area (TPSA) is 80.9 Å². The second-order valence-electron chi connectivity index (χ2n) is 3.72.